The van der Waals surface area contributed by atoms with Gasteiger partial charge in [-0.15, -0.1) is 0 Å². The standard InChI is InChI=1S/C60H39N/c1-3-17-40(18-4-1)46-37-38-51-54(39-46)59(43-21-5-2-6-22-43)48-24-10-9-23-47(48)57(51)44-33-35-45(36-34-44)58-49-25-11-13-27-52(49)60(53-28-14-12-26-50(53)58)61-55-29-15-7-19-41(55)31-32-42-20-8-16-30-56(42)61/h1-39H. The number of nitrogens with zero attached hydrogens (tertiary/aromatic N) is 1. The van der Waals surface area contributed by atoms with Crippen LogP contribution in [-0.2, 0) is 0 Å². The van der Waals surface area contributed by atoms with Crippen molar-refractivity contribution in [3.63, 3.8) is 0 Å². The zero-order chi connectivity index (χ0) is 40.3. The largest absolute Gasteiger partial charge is 0.308 e. The second-order valence-corrected chi connectivity index (χ2v) is 16.0. The van der Waals surface area contributed by atoms with E-state index in [2.05, 4.69) is 242 Å². The van der Waals surface area contributed by atoms with Gasteiger partial charge in [-0.1, -0.05) is 218 Å². The first kappa shape index (κ1) is 35.0. The van der Waals surface area contributed by atoms with Crippen LogP contribution in [0.2, 0.25) is 0 Å². The lowest BCUT2D eigenvalue weighted by Gasteiger charge is -2.30. The molecule has 1 aliphatic heterocycles. The summed E-state index contributed by atoms with van der Waals surface area (Å²) in [6.07, 6.45) is 4.50. The molecule has 0 unspecified atom stereocenters. The SMILES string of the molecule is C1=Cc2ccccc2N(c2c3ccccc3c(-c3ccc(-c4c5ccccc5c(-c5ccccc5)c5cc(-c6ccccc6)ccc45)cc3)c3ccccc23)c2ccccc21. The normalized spacial score (nSPS) is 12.2. The molecular formula is C60H39N. The van der Waals surface area contributed by atoms with Crippen LogP contribution in [0.1, 0.15) is 11.1 Å². The maximum Gasteiger partial charge on any atom is 0.0619 e. The molecule has 1 heteroatoms. The van der Waals surface area contributed by atoms with Crippen LogP contribution in [0.4, 0.5) is 17.1 Å². The molecule has 11 aromatic carbocycles. The predicted octanol–water partition coefficient (Wildman–Crippen LogP) is 16.9. The second kappa shape index (κ2) is 14.4. The van der Waals surface area contributed by atoms with Gasteiger partial charge in [-0.05, 0) is 106 Å². The zero-order valence-electron chi connectivity index (χ0n) is 33.5. The number of benzene rings is 11. The Morgan fingerprint density at radius 1 is 0.230 bits per heavy atom. The van der Waals surface area contributed by atoms with E-state index in [0.717, 1.165) is 0 Å². The van der Waals surface area contributed by atoms with Crippen LogP contribution in [0, 0.1) is 0 Å². The summed E-state index contributed by atoms with van der Waals surface area (Å²) >= 11 is 0. The molecular weight excluding hydrogens is 735 g/mol. The van der Waals surface area contributed by atoms with Gasteiger partial charge in [-0.2, -0.15) is 0 Å². The van der Waals surface area contributed by atoms with Crippen LogP contribution in [0.15, 0.2) is 224 Å². The van der Waals surface area contributed by atoms with Crippen LogP contribution in [0.3, 0.4) is 0 Å². The Labute approximate surface area is 355 Å². The van der Waals surface area contributed by atoms with Gasteiger partial charge in [0.15, 0.2) is 0 Å². The molecule has 0 N–H and O–H groups in total. The molecule has 1 nitrogen and oxygen atoms in total. The smallest absolute Gasteiger partial charge is 0.0619 e. The van der Waals surface area contributed by atoms with Crippen LogP contribution >= 0.6 is 0 Å². The van der Waals surface area contributed by atoms with E-state index >= 15 is 0 Å². The molecule has 1 heterocycles. The maximum atomic E-state index is 2.49. The van der Waals surface area contributed by atoms with Gasteiger partial charge in [0, 0.05) is 10.8 Å². The van der Waals surface area contributed by atoms with Gasteiger partial charge in [0.05, 0.1) is 17.1 Å². The van der Waals surface area contributed by atoms with E-state index < -0.39 is 0 Å². The molecule has 0 atom stereocenters. The summed E-state index contributed by atoms with van der Waals surface area (Å²) in [5.41, 5.74) is 15.8. The van der Waals surface area contributed by atoms with Crippen molar-refractivity contribution < 1.29 is 0 Å². The van der Waals surface area contributed by atoms with E-state index in [1.165, 1.54) is 116 Å². The van der Waals surface area contributed by atoms with Gasteiger partial charge in [0.25, 0.3) is 0 Å². The third kappa shape index (κ3) is 5.70. The fraction of sp³-hybridized carbons (Fsp3) is 0. The molecule has 0 spiro atoms. The Balaban J connectivity index is 1.08. The van der Waals surface area contributed by atoms with Gasteiger partial charge in [0.2, 0.25) is 0 Å². The van der Waals surface area contributed by atoms with E-state index in [9.17, 15) is 0 Å². The Bertz CT molecular complexity index is 3400. The van der Waals surface area contributed by atoms with E-state index in [4.69, 9.17) is 0 Å². The Morgan fingerprint density at radius 3 is 1.08 bits per heavy atom. The molecule has 0 radical (unpaired) electrons. The molecule has 12 rings (SSSR count). The molecule has 0 saturated heterocycles. The van der Waals surface area contributed by atoms with Gasteiger partial charge in [-0.25, -0.2) is 0 Å². The first-order valence-corrected chi connectivity index (χ1v) is 21.1. The summed E-state index contributed by atoms with van der Waals surface area (Å²) in [5, 5.41) is 9.90. The quantitative estimate of drug-likeness (QED) is 0.157. The summed E-state index contributed by atoms with van der Waals surface area (Å²) in [7, 11) is 0. The van der Waals surface area contributed by atoms with E-state index in [1.54, 1.807) is 0 Å². The van der Waals surface area contributed by atoms with Crippen molar-refractivity contribution in [3.05, 3.63) is 236 Å². The van der Waals surface area contributed by atoms with Crippen LogP contribution < -0.4 is 4.90 Å². The fourth-order valence-corrected chi connectivity index (χ4v) is 9.89. The molecule has 284 valence electrons. The highest BCUT2D eigenvalue weighted by Crippen LogP contribution is 2.51. The van der Waals surface area contributed by atoms with Crippen molar-refractivity contribution >= 4 is 72.3 Å². The minimum absolute atomic E-state index is 1.17. The average molecular weight is 774 g/mol. The summed E-state index contributed by atoms with van der Waals surface area (Å²) in [5.74, 6) is 0. The minimum atomic E-state index is 1.17. The van der Waals surface area contributed by atoms with Crippen LogP contribution in [0.5, 0.6) is 0 Å². The Kier molecular flexibility index (Phi) is 8.25. The van der Waals surface area contributed by atoms with E-state index in [-0.39, 0.29) is 0 Å². The molecule has 0 aromatic heterocycles. The minimum Gasteiger partial charge on any atom is -0.308 e. The van der Waals surface area contributed by atoms with Crippen LogP contribution in [-0.4, -0.2) is 0 Å². The first-order valence-electron chi connectivity index (χ1n) is 21.1. The fourth-order valence-electron chi connectivity index (χ4n) is 9.89. The predicted molar refractivity (Wildman–Crippen MR) is 262 cm³/mol. The first-order chi connectivity index (χ1) is 30.3. The Morgan fingerprint density at radius 2 is 0.574 bits per heavy atom. The van der Waals surface area contributed by atoms with Gasteiger partial charge < -0.3 is 4.90 Å². The molecule has 0 aliphatic carbocycles. The second-order valence-electron chi connectivity index (χ2n) is 16.0. The van der Waals surface area contributed by atoms with E-state index in [0.29, 0.717) is 0 Å². The lowest BCUT2D eigenvalue weighted by molar-refractivity contribution is 1.30. The van der Waals surface area contributed by atoms with E-state index in [1.807, 2.05) is 0 Å². The highest BCUT2D eigenvalue weighted by Gasteiger charge is 2.26. The molecule has 61 heavy (non-hydrogen) atoms. The molecule has 0 fully saturated rings. The van der Waals surface area contributed by atoms with Crippen molar-refractivity contribution in [1.29, 1.82) is 0 Å². The van der Waals surface area contributed by atoms with Gasteiger partial charge in [-0.3, -0.25) is 0 Å². The lowest BCUT2D eigenvalue weighted by Crippen LogP contribution is -2.13. The summed E-state index contributed by atoms with van der Waals surface area (Å²) in [6, 6.07) is 82.4. The number of para-hydroxylation sites is 2. The van der Waals surface area contributed by atoms with Crippen molar-refractivity contribution in [1.82, 2.24) is 0 Å². The maximum absolute atomic E-state index is 2.49. The number of anilines is 3. The average Bonchev–Trinajstić information content (AvgIpc) is 3.50. The Hall–Kier alpha value is -8.00. The molecule has 11 aromatic rings. The van der Waals surface area contributed by atoms with Gasteiger partial charge in [0.1, 0.15) is 0 Å². The molecule has 0 bridgehead atoms. The third-order valence-electron chi connectivity index (χ3n) is 12.6. The highest BCUT2D eigenvalue weighted by atomic mass is 15.2. The summed E-state index contributed by atoms with van der Waals surface area (Å²) in [4.78, 5) is 2.49. The van der Waals surface area contributed by atoms with Crippen molar-refractivity contribution in [2.45, 2.75) is 0 Å². The number of fused-ring (bicyclic) bond motifs is 6. The zero-order valence-corrected chi connectivity index (χ0v) is 33.5. The summed E-state index contributed by atoms with van der Waals surface area (Å²) in [6.45, 7) is 0. The number of hydrogen-bond donors (Lipinski definition) is 0. The van der Waals surface area contributed by atoms with Crippen molar-refractivity contribution in [2.75, 3.05) is 4.90 Å². The monoisotopic (exact) mass is 773 g/mol. The van der Waals surface area contributed by atoms with Crippen LogP contribution in [0.25, 0.3) is 99.7 Å². The molecule has 0 amide bonds. The third-order valence-corrected chi connectivity index (χ3v) is 12.6. The molecule has 0 saturated carbocycles. The number of rotatable bonds is 5. The van der Waals surface area contributed by atoms with Crippen molar-refractivity contribution in [2.24, 2.45) is 0 Å². The van der Waals surface area contributed by atoms with Gasteiger partial charge >= 0.3 is 0 Å². The topological polar surface area (TPSA) is 3.24 Å². The van der Waals surface area contributed by atoms with Crippen molar-refractivity contribution in [3.8, 4) is 44.5 Å². The highest BCUT2D eigenvalue weighted by molar-refractivity contribution is 6.24. The lowest BCUT2D eigenvalue weighted by atomic mass is 9.84. The number of hydrogen-bond acceptors (Lipinski definition) is 1. The summed E-state index contributed by atoms with van der Waals surface area (Å²) < 4.78 is 0. The molecule has 1 aliphatic rings.